The molecule has 0 aliphatic carbocycles. The fourth-order valence-corrected chi connectivity index (χ4v) is 2.41. The van der Waals surface area contributed by atoms with Crippen LogP contribution < -0.4 is 0 Å². The molecule has 10 heteroatoms. The summed E-state index contributed by atoms with van der Waals surface area (Å²) in [5.41, 5.74) is 0.691. The monoisotopic (exact) mass is 578 g/mol. The number of hydrogen-bond donors (Lipinski definition) is 0. The third-order valence-corrected chi connectivity index (χ3v) is 5.28. The Bertz CT molecular complexity index is 898. The molecule has 0 aromatic heterocycles. The molecule has 41 heavy (non-hydrogen) atoms. The van der Waals surface area contributed by atoms with E-state index in [0.29, 0.717) is 30.8 Å². The number of unbranched alkanes of at least 4 members (excludes halogenated alkanes) is 2. The van der Waals surface area contributed by atoms with E-state index in [9.17, 15) is 24.0 Å². The Hall–Kier alpha value is -3.95. The maximum absolute atomic E-state index is 11.6. The molecular weight excluding hydrogens is 532 g/mol. The summed E-state index contributed by atoms with van der Waals surface area (Å²) in [5, 5.41) is 0. The van der Waals surface area contributed by atoms with Gasteiger partial charge in [0.2, 0.25) is 0 Å². The van der Waals surface area contributed by atoms with Crippen molar-refractivity contribution in [3.8, 4) is 0 Å². The molecule has 0 unspecified atom stereocenters. The van der Waals surface area contributed by atoms with Gasteiger partial charge in [0.15, 0.2) is 0 Å². The topological polar surface area (TPSA) is 132 Å². The van der Waals surface area contributed by atoms with Crippen LogP contribution in [0.25, 0.3) is 0 Å². The van der Waals surface area contributed by atoms with Crippen LogP contribution in [-0.4, -0.2) is 62.9 Å². The Morgan fingerprint density at radius 1 is 0.463 bits per heavy atom. The molecule has 0 aromatic carbocycles. The standard InChI is InChI=1S/C18H26O6.C13H20O4/c1-8-18(9-22-15(19)12(2)3,10-23-16(20)13(4)5)11-24-17(21)14(6)7;1-10(2)12(14)16-8-6-5-7-9-17-13(15)11(3)4/h2,4,6,8-11H2,1,3,5,7H3;1,3,5-9H2,2,4H3. The quantitative estimate of drug-likeness (QED) is 0.0932. The first-order chi connectivity index (χ1) is 19.0. The smallest absolute Gasteiger partial charge is 0.333 e. The summed E-state index contributed by atoms with van der Waals surface area (Å²) in [5.74, 6) is -2.42. The molecule has 0 heterocycles. The fraction of sp³-hybridized carbons (Fsp3) is 0.516. The van der Waals surface area contributed by atoms with Crippen LogP contribution in [0.3, 0.4) is 0 Å². The summed E-state index contributed by atoms with van der Waals surface area (Å²) in [6.45, 7) is 27.6. The summed E-state index contributed by atoms with van der Waals surface area (Å²) >= 11 is 0. The van der Waals surface area contributed by atoms with Crippen LogP contribution in [0.1, 0.15) is 67.2 Å². The molecule has 0 spiro atoms. The minimum absolute atomic E-state index is 0.0812. The van der Waals surface area contributed by atoms with Crippen LogP contribution in [0.5, 0.6) is 0 Å². The van der Waals surface area contributed by atoms with E-state index in [4.69, 9.17) is 23.7 Å². The summed E-state index contributed by atoms with van der Waals surface area (Å²) in [6, 6.07) is 0. The number of hydrogen-bond acceptors (Lipinski definition) is 10. The molecule has 0 N–H and O–H groups in total. The van der Waals surface area contributed by atoms with Gasteiger partial charge in [0.1, 0.15) is 19.8 Å². The van der Waals surface area contributed by atoms with Crippen LogP contribution in [0.15, 0.2) is 60.8 Å². The van der Waals surface area contributed by atoms with E-state index in [2.05, 4.69) is 32.9 Å². The maximum atomic E-state index is 11.6. The average molecular weight is 579 g/mol. The SMILES string of the molecule is C=C(C)C(=O)OCC(CC)(COC(=O)C(=C)C)COC(=O)C(=C)C.C=C(C)C(=O)OCCCCCOC(=O)C(=C)C. The highest BCUT2D eigenvalue weighted by atomic mass is 16.6. The van der Waals surface area contributed by atoms with Crippen LogP contribution in [-0.2, 0) is 47.7 Å². The fourth-order valence-electron chi connectivity index (χ4n) is 2.41. The first-order valence-corrected chi connectivity index (χ1v) is 13.1. The Labute approximate surface area is 244 Å². The lowest BCUT2D eigenvalue weighted by Gasteiger charge is -2.31. The van der Waals surface area contributed by atoms with E-state index in [1.807, 2.05) is 6.92 Å². The molecular formula is C31H46O10. The molecule has 0 fully saturated rings. The lowest BCUT2D eigenvalue weighted by Crippen LogP contribution is -2.39. The van der Waals surface area contributed by atoms with Crippen LogP contribution in [0.4, 0.5) is 0 Å². The van der Waals surface area contributed by atoms with Crippen molar-refractivity contribution >= 4 is 29.8 Å². The number of ether oxygens (including phenoxy) is 5. The highest BCUT2D eigenvalue weighted by Crippen LogP contribution is 2.25. The molecule has 0 saturated carbocycles. The Morgan fingerprint density at radius 2 is 0.707 bits per heavy atom. The van der Waals surface area contributed by atoms with E-state index in [0.717, 1.165) is 19.3 Å². The summed E-state index contributed by atoms with van der Waals surface area (Å²) in [4.78, 5) is 56.9. The van der Waals surface area contributed by atoms with Gasteiger partial charge in [-0.25, -0.2) is 24.0 Å². The number of rotatable bonds is 18. The molecule has 10 nitrogen and oxygen atoms in total. The normalized spacial score (nSPS) is 10.1. The van der Waals surface area contributed by atoms with Gasteiger partial charge in [0.25, 0.3) is 0 Å². The lowest BCUT2D eigenvalue weighted by molar-refractivity contribution is -0.157. The molecule has 0 saturated heterocycles. The third kappa shape index (κ3) is 18.9. The van der Waals surface area contributed by atoms with E-state index >= 15 is 0 Å². The van der Waals surface area contributed by atoms with Crippen molar-refractivity contribution in [2.24, 2.45) is 5.41 Å². The van der Waals surface area contributed by atoms with Gasteiger partial charge in [-0.2, -0.15) is 0 Å². The molecule has 0 atom stereocenters. The van der Waals surface area contributed by atoms with Crippen LogP contribution in [0, 0.1) is 5.41 Å². The van der Waals surface area contributed by atoms with Crippen molar-refractivity contribution in [3.05, 3.63) is 60.8 Å². The van der Waals surface area contributed by atoms with Crippen molar-refractivity contribution < 1.29 is 47.7 Å². The van der Waals surface area contributed by atoms with E-state index in [-0.39, 0.29) is 48.5 Å². The summed E-state index contributed by atoms with van der Waals surface area (Å²) < 4.78 is 25.4. The van der Waals surface area contributed by atoms with Gasteiger partial charge in [-0.15, -0.1) is 0 Å². The van der Waals surface area contributed by atoms with Crippen molar-refractivity contribution in [1.29, 1.82) is 0 Å². The molecule has 230 valence electrons. The van der Waals surface area contributed by atoms with Crippen LogP contribution >= 0.6 is 0 Å². The van der Waals surface area contributed by atoms with Gasteiger partial charge in [-0.05, 0) is 60.3 Å². The van der Waals surface area contributed by atoms with E-state index in [1.54, 1.807) is 13.8 Å². The van der Waals surface area contributed by atoms with Gasteiger partial charge < -0.3 is 23.7 Å². The van der Waals surface area contributed by atoms with Gasteiger partial charge in [-0.3, -0.25) is 0 Å². The van der Waals surface area contributed by atoms with E-state index in [1.165, 1.54) is 20.8 Å². The molecule has 0 amide bonds. The van der Waals surface area contributed by atoms with Crippen molar-refractivity contribution in [2.45, 2.75) is 67.2 Å². The van der Waals surface area contributed by atoms with Crippen molar-refractivity contribution in [3.63, 3.8) is 0 Å². The molecule has 0 rings (SSSR count). The number of carbonyl (C=O) groups is 5. The van der Waals surface area contributed by atoms with Gasteiger partial charge in [0, 0.05) is 27.9 Å². The zero-order valence-electron chi connectivity index (χ0n) is 25.5. The molecule has 0 bridgehead atoms. The summed E-state index contributed by atoms with van der Waals surface area (Å²) in [6.07, 6.45) is 2.80. The Balaban J connectivity index is 0. The first-order valence-electron chi connectivity index (χ1n) is 13.1. The predicted octanol–water partition coefficient (Wildman–Crippen LogP) is 5.14. The second-order valence-electron chi connectivity index (χ2n) is 9.82. The van der Waals surface area contributed by atoms with Gasteiger partial charge >= 0.3 is 29.8 Å². The largest absolute Gasteiger partial charge is 0.462 e. The summed E-state index contributed by atoms with van der Waals surface area (Å²) in [7, 11) is 0. The highest BCUT2D eigenvalue weighted by molar-refractivity contribution is 5.88. The highest BCUT2D eigenvalue weighted by Gasteiger charge is 2.34. The lowest BCUT2D eigenvalue weighted by atomic mass is 9.88. The van der Waals surface area contributed by atoms with Crippen LogP contribution in [0.2, 0.25) is 0 Å². The Kier molecular flexibility index (Phi) is 20.0. The van der Waals surface area contributed by atoms with Gasteiger partial charge in [-0.1, -0.05) is 39.8 Å². The number of esters is 5. The second-order valence-corrected chi connectivity index (χ2v) is 9.82. The van der Waals surface area contributed by atoms with Crippen molar-refractivity contribution in [1.82, 2.24) is 0 Å². The third-order valence-electron chi connectivity index (χ3n) is 5.28. The first kappa shape index (κ1) is 39.2. The average Bonchev–Trinajstić information content (AvgIpc) is 2.91. The van der Waals surface area contributed by atoms with Gasteiger partial charge in [0.05, 0.1) is 18.6 Å². The zero-order chi connectivity index (χ0) is 32.2. The zero-order valence-corrected chi connectivity index (χ0v) is 25.5. The molecule has 0 radical (unpaired) electrons. The molecule has 0 aromatic rings. The molecule has 0 aliphatic heterocycles. The number of carbonyl (C=O) groups excluding carboxylic acids is 5. The minimum Gasteiger partial charge on any atom is -0.462 e. The minimum atomic E-state index is -0.860. The Morgan fingerprint density at radius 3 is 0.927 bits per heavy atom. The maximum Gasteiger partial charge on any atom is 0.333 e. The predicted molar refractivity (Wildman–Crippen MR) is 155 cm³/mol. The van der Waals surface area contributed by atoms with Crippen molar-refractivity contribution in [2.75, 3.05) is 33.0 Å². The second kappa shape index (κ2) is 20.9. The molecule has 0 aliphatic rings. The van der Waals surface area contributed by atoms with E-state index < -0.39 is 23.3 Å².